The van der Waals surface area contributed by atoms with E-state index in [-0.39, 0.29) is 0 Å². The quantitative estimate of drug-likeness (QED) is 0.683. The summed E-state index contributed by atoms with van der Waals surface area (Å²) >= 11 is 0. The molecule has 6 heteroatoms. The number of nitrogens with one attached hydrogen (secondary N) is 2. The van der Waals surface area contributed by atoms with E-state index in [2.05, 4.69) is 25.6 Å². The maximum atomic E-state index is 4.90. The number of rotatable bonds is 2. The van der Waals surface area contributed by atoms with Crippen molar-refractivity contribution in [2.45, 2.75) is 0 Å². The van der Waals surface area contributed by atoms with Gasteiger partial charge in [-0.1, -0.05) is 0 Å². The zero-order valence-electron chi connectivity index (χ0n) is 7.82. The topological polar surface area (TPSA) is 71.4 Å². The molecule has 0 saturated carbocycles. The summed E-state index contributed by atoms with van der Waals surface area (Å²) in [7, 11) is 1.53. The number of anilines is 1. The molecule has 14 heavy (non-hydrogen) atoms. The van der Waals surface area contributed by atoms with E-state index in [9.17, 15) is 0 Å². The van der Waals surface area contributed by atoms with Gasteiger partial charge in [-0.3, -0.25) is 4.99 Å². The van der Waals surface area contributed by atoms with E-state index in [0.29, 0.717) is 11.8 Å². The molecule has 0 spiro atoms. The van der Waals surface area contributed by atoms with Crippen LogP contribution in [-0.2, 0) is 0 Å². The SMILES string of the molecule is COc1nccc(NC2=NCCN2)n1. The van der Waals surface area contributed by atoms with E-state index in [0.717, 1.165) is 19.0 Å². The average Bonchev–Trinajstić information content (AvgIpc) is 2.71. The maximum absolute atomic E-state index is 4.90. The van der Waals surface area contributed by atoms with E-state index < -0.39 is 0 Å². The Morgan fingerprint density at radius 2 is 2.50 bits per heavy atom. The van der Waals surface area contributed by atoms with E-state index in [1.54, 1.807) is 12.3 Å². The van der Waals surface area contributed by atoms with Crippen LogP contribution in [0.4, 0.5) is 5.82 Å². The lowest BCUT2D eigenvalue weighted by atomic mass is 10.6. The molecule has 2 heterocycles. The third kappa shape index (κ3) is 1.90. The highest BCUT2D eigenvalue weighted by atomic mass is 16.5. The molecular weight excluding hydrogens is 182 g/mol. The summed E-state index contributed by atoms with van der Waals surface area (Å²) in [5.74, 6) is 1.41. The van der Waals surface area contributed by atoms with Crippen molar-refractivity contribution in [1.82, 2.24) is 15.3 Å². The minimum Gasteiger partial charge on any atom is -0.467 e. The molecule has 0 radical (unpaired) electrons. The lowest BCUT2D eigenvalue weighted by Crippen LogP contribution is -2.26. The van der Waals surface area contributed by atoms with Crippen LogP contribution in [0.5, 0.6) is 6.01 Å². The number of hydrogen-bond donors (Lipinski definition) is 2. The first kappa shape index (κ1) is 8.74. The van der Waals surface area contributed by atoms with Crippen molar-refractivity contribution in [3.8, 4) is 6.01 Å². The Labute approximate surface area is 81.4 Å². The second-order valence-electron chi connectivity index (χ2n) is 2.71. The fraction of sp³-hybridized carbons (Fsp3) is 0.375. The third-order valence-electron chi connectivity index (χ3n) is 1.74. The Kier molecular flexibility index (Phi) is 2.44. The van der Waals surface area contributed by atoms with Crippen LogP contribution in [-0.4, -0.2) is 36.1 Å². The maximum Gasteiger partial charge on any atom is 0.318 e. The molecule has 0 amide bonds. The summed E-state index contributed by atoms with van der Waals surface area (Å²) in [6.45, 7) is 1.66. The molecule has 0 unspecified atom stereocenters. The second kappa shape index (κ2) is 3.91. The molecule has 0 fully saturated rings. The van der Waals surface area contributed by atoms with Gasteiger partial charge in [0.05, 0.1) is 13.7 Å². The molecule has 0 atom stereocenters. The minimum atomic E-state index is 0.341. The first-order chi connectivity index (χ1) is 6.88. The Morgan fingerprint density at radius 3 is 3.21 bits per heavy atom. The number of methoxy groups -OCH3 is 1. The van der Waals surface area contributed by atoms with Gasteiger partial charge >= 0.3 is 6.01 Å². The summed E-state index contributed by atoms with van der Waals surface area (Å²) in [5.41, 5.74) is 0. The average molecular weight is 193 g/mol. The molecule has 0 bridgehead atoms. The van der Waals surface area contributed by atoms with Crippen LogP contribution < -0.4 is 15.4 Å². The minimum absolute atomic E-state index is 0.341. The highest BCUT2D eigenvalue weighted by Crippen LogP contribution is 2.06. The summed E-state index contributed by atoms with van der Waals surface area (Å²) in [6, 6.07) is 2.10. The van der Waals surface area contributed by atoms with Gasteiger partial charge in [0.25, 0.3) is 0 Å². The standard InChI is InChI=1S/C8H11N5O/c1-14-8-11-3-2-6(13-8)12-7-9-4-5-10-7/h2-3H,4-5H2,1H3,(H2,9,10,11,12,13). The Balaban J connectivity index is 2.08. The van der Waals surface area contributed by atoms with E-state index in [4.69, 9.17) is 4.74 Å². The number of aliphatic imine (C=N–C) groups is 1. The van der Waals surface area contributed by atoms with Crippen molar-refractivity contribution in [1.29, 1.82) is 0 Å². The normalized spacial score (nSPS) is 14.5. The van der Waals surface area contributed by atoms with Crippen molar-refractivity contribution < 1.29 is 4.74 Å². The Bertz CT molecular complexity index is 351. The fourth-order valence-corrected chi connectivity index (χ4v) is 1.11. The van der Waals surface area contributed by atoms with E-state index >= 15 is 0 Å². The highest BCUT2D eigenvalue weighted by Gasteiger charge is 2.06. The molecule has 74 valence electrons. The van der Waals surface area contributed by atoms with Gasteiger partial charge in [-0.05, 0) is 6.07 Å². The first-order valence-corrected chi connectivity index (χ1v) is 4.31. The van der Waals surface area contributed by atoms with Crippen LogP contribution >= 0.6 is 0 Å². The van der Waals surface area contributed by atoms with Crippen LogP contribution in [0.15, 0.2) is 17.3 Å². The van der Waals surface area contributed by atoms with Gasteiger partial charge in [-0.2, -0.15) is 4.98 Å². The number of ether oxygens (including phenoxy) is 1. The summed E-state index contributed by atoms with van der Waals surface area (Å²) in [5, 5.41) is 6.10. The van der Waals surface area contributed by atoms with Gasteiger partial charge < -0.3 is 15.4 Å². The lowest BCUT2D eigenvalue weighted by Gasteiger charge is -2.05. The lowest BCUT2D eigenvalue weighted by molar-refractivity contribution is 0.380. The van der Waals surface area contributed by atoms with E-state index in [1.165, 1.54) is 7.11 Å². The van der Waals surface area contributed by atoms with Crippen LogP contribution in [0, 0.1) is 0 Å². The van der Waals surface area contributed by atoms with E-state index in [1.807, 2.05) is 0 Å². The summed E-state index contributed by atoms with van der Waals surface area (Å²) in [4.78, 5) is 12.2. The predicted octanol–water partition coefficient (Wildman–Crippen LogP) is -0.144. The predicted molar refractivity (Wildman–Crippen MR) is 52.5 cm³/mol. The summed E-state index contributed by atoms with van der Waals surface area (Å²) in [6.07, 6.45) is 1.63. The van der Waals surface area contributed by atoms with Crippen molar-refractivity contribution in [2.75, 3.05) is 25.5 Å². The van der Waals surface area contributed by atoms with Gasteiger partial charge in [0.1, 0.15) is 5.82 Å². The monoisotopic (exact) mass is 193 g/mol. The van der Waals surface area contributed by atoms with Crippen molar-refractivity contribution >= 4 is 11.8 Å². The van der Waals surface area contributed by atoms with Crippen LogP contribution in [0.2, 0.25) is 0 Å². The van der Waals surface area contributed by atoms with Gasteiger partial charge in [-0.15, -0.1) is 0 Å². The molecule has 1 aromatic rings. The number of hydrogen-bond acceptors (Lipinski definition) is 6. The fourth-order valence-electron chi connectivity index (χ4n) is 1.11. The molecule has 0 aliphatic carbocycles. The molecule has 2 N–H and O–H groups in total. The smallest absolute Gasteiger partial charge is 0.318 e. The Hall–Kier alpha value is -1.85. The highest BCUT2D eigenvalue weighted by molar-refractivity contribution is 5.93. The molecule has 0 aromatic carbocycles. The van der Waals surface area contributed by atoms with Gasteiger partial charge in [0.2, 0.25) is 0 Å². The zero-order chi connectivity index (χ0) is 9.80. The van der Waals surface area contributed by atoms with Crippen LogP contribution in [0.3, 0.4) is 0 Å². The molecule has 1 aliphatic heterocycles. The number of guanidine groups is 1. The number of nitrogens with zero attached hydrogens (tertiary/aromatic N) is 3. The molecule has 1 aromatic heterocycles. The number of aromatic nitrogens is 2. The van der Waals surface area contributed by atoms with Gasteiger partial charge in [-0.25, -0.2) is 4.98 Å². The molecule has 0 saturated heterocycles. The second-order valence-corrected chi connectivity index (χ2v) is 2.71. The molecular formula is C8H11N5O. The Morgan fingerprint density at radius 1 is 1.57 bits per heavy atom. The summed E-state index contributed by atoms with van der Waals surface area (Å²) < 4.78 is 4.90. The van der Waals surface area contributed by atoms with Crippen molar-refractivity contribution in [3.63, 3.8) is 0 Å². The van der Waals surface area contributed by atoms with Crippen molar-refractivity contribution in [3.05, 3.63) is 12.3 Å². The van der Waals surface area contributed by atoms with Gasteiger partial charge in [0, 0.05) is 12.7 Å². The van der Waals surface area contributed by atoms with Gasteiger partial charge in [0.15, 0.2) is 5.96 Å². The first-order valence-electron chi connectivity index (χ1n) is 4.31. The molecule has 2 rings (SSSR count). The zero-order valence-corrected chi connectivity index (χ0v) is 7.82. The largest absolute Gasteiger partial charge is 0.467 e. The van der Waals surface area contributed by atoms with Crippen LogP contribution in [0.25, 0.3) is 0 Å². The van der Waals surface area contributed by atoms with Crippen molar-refractivity contribution in [2.24, 2.45) is 4.99 Å². The van der Waals surface area contributed by atoms with Crippen LogP contribution in [0.1, 0.15) is 0 Å². The molecule has 6 nitrogen and oxygen atoms in total. The molecule has 1 aliphatic rings. The third-order valence-corrected chi connectivity index (χ3v) is 1.74.